The second-order valence-corrected chi connectivity index (χ2v) is 5.83. The van der Waals surface area contributed by atoms with Gasteiger partial charge < -0.3 is 15.3 Å². The van der Waals surface area contributed by atoms with Gasteiger partial charge >= 0.3 is 12.0 Å². The van der Waals surface area contributed by atoms with E-state index in [1.165, 1.54) is 4.90 Å². The van der Waals surface area contributed by atoms with Gasteiger partial charge in [-0.05, 0) is 25.7 Å². The molecular weight excluding hydrogens is 244 g/mol. The van der Waals surface area contributed by atoms with Crippen LogP contribution < -0.4 is 5.32 Å². The molecule has 0 spiro atoms. The molecule has 0 heterocycles. The number of hydrogen-bond acceptors (Lipinski definition) is 2. The summed E-state index contributed by atoms with van der Waals surface area (Å²) in [6.45, 7) is 8.04. The summed E-state index contributed by atoms with van der Waals surface area (Å²) in [5, 5.41) is 12.2. The Morgan fingerprint density at radius 3 is 2.63 bits per heavy atom. The summed E-state index contributed by atoms with van der Waals surface area (Å²) >= 11 is 0. The van der Waals surface area contributed by atoms with Crippen molar-refractivity contribution in [1.82, 2.24) is 10.2 Å². The Bertz CT molecular complexity index is 381. The Morgan fingerprint density at radius 2 is 2.16 bits per heavy atom. The van der Waals surface area contributed by atoms with Crippen LogP contribution in [0.1, 0.15) is 39.5 Å². The molecule has 5 nitrogen and oxygen atoms in total. The standard InChI is InChI=1S/C14H24N2O3/c1-10(2)9-16(4)13(19)15-14(12(17)18)7-5-6-11(3)8-14/h11H,1,5-9H2,2-4H3,(H,15,19)(H,17,18). The van der Waals surface area contributed by atoms with Crippen molar-refractivity contribution in [1.29, 1.82) is 0 Å². The van der Waals surface area contributed by atoms with Crippen LogP contribution in [0.5, 0.6) is 0 Å². The quantitative estimate of drug-likeness (QED) is 0.768. The molecule has 19 heavy (non-hydrogen) atoms. The largest absolute Gasteiger partial charge is 0.480 e. The molecule has 0 radical (unpaired) electrons. The summed E-state index contributed by atoms with van der Waals surface area (Å²) in [6, 6.07) is -0.348. The average Bonchev–Trinajstić information content (AvgIpc) is 2.27. The molecule has 2 amide bonds. The highest BCUT2D eigenvalue weighted by Gasteiger charge is 2.43. The van der Waals surface area contributed by atoms with Crippen LogP contribution in [0.15, 0.2) is 12.2 Å². The molecule has 0 aromatic rings. The lowest BCUT2D eigenvalue weighted by Crippen LogP contribution is -2.59. The second-order valence-electron chi connectivity index (χ2n) is 5.83. The molecular formula is C14H24N2O3. The van der Waals surface area contributed by atoms with Gasteiger partial charge in [0.1, 0.15) is 5.54 Å². The van der Waals surface area contributed by atoms with Crippen LogP contribution in [0.25, 0.3) is 0 Å². The fourth-order valence-corrected chi connectivity index (χ4v) is 2.69. The molecule has 1 fully saturated rings. The minimum atomic E-state index is -1.11. The van der Waals surface area contributed by atoms with Crippen LogP contribution in [0.3, 0.4) is 0 Å². The number of carbonyl (C=O) groups excluding carboxylic acids is 1. The first kappa shape index (κ1) is 15.5. The molecule has 2 unspecified atom stereocenters. The maximum absolute atomic E-state index is 12.1. The summed E-state index contributed by atoms with van der Waals surface area (Å²) in [7, 11) is 1.64. The number of likely N-dealkylation sites (N-methyl/N-ethyl adjacent to an activating group) is 1. The minimum absolute atomic E-state index is 0.316. The molecule has 0 bridgehead atoms. The fourth-order valence-electron chi connectivity index (χ4n) is 2.69. The van der Waals surface area contributed by atoms with Gasteiger partial charge in [0.05, 0.1) is 0 Å². The van der Waals surface area contributed by atoms with Crippen molar-refractivity contribution < 1.29 is 14.7 Å². The average molecular weight is 268 g/mol. The van der Waals surface area contributed by atoms with Crippen LogP contribution in [0.2, 0.25) is 0 Å². The number of amides is 2. The zero-order valence-electron chi connectivity index (χ0n) is 12.0. The Balaban J connectivity index is 2.76. The lowest BCUT2D eigenvalue weighted by atomic mass is 9.76. The third-order valence-corrected chi connectivity index (χ3v) is 3.61. The van der Waals surface area contributed by atoms with Crippen molar-refractivity contribution in [2.24, 2.45) is 5.92 Å². The highest BCUT2D eigenvalue weighted by Crippen LogP contribution is 2.32. The van der Waals surface area contributed by atoms with Gasteiger partial charge in [0, 0.05) is 13.6 Å². The first-order chi connectivity index (χ1) is 8.77. The molecule has 0 aromatic carbocycles. The molecule has 1 aliphatic carbocycles. The van der Waals surface area contributed by atoms with Gasteiger partial charge in [0.2, 0.25) is 0 Å². The summed E-state index contributed by atoms with van der Waals surface area (Å²) in [6.07, 6.45) is 2.85. The van der Waals surface area contributed by atoms with Gasteiger partial charge in [-0.15, -0.1) is 0 Å². The number of carboxylic acid groups (broad SMARTS) is 1. The molecule has 1 saturated carbocycles. The van der Waals surface area contributed by atoms with E-state index in [1.807, 2.05) is 13.8 Å². The Hall–Kier alpha value is -1.52. The van der Waals surface area contributed by atoms with E-state index in [4.69, 9.17) is 0 Å². The zero-order chi connectivity index (χ0) is 14.6. The van der Waals surface area contributed by atoms with Crippen LogP contribution >= 0.6 is 0 Å². The van der Waals surface area contributed by atoms with E-state index >= 15 is 0 Å². The molecule has 108 valence electrons. The predicted molar refractivity (Wildman–Crippen MR) is 74.0 cm³/mol. The summed E-state index contributed by atoms with van der Waals surface area (Å²) in [4.78, 5) is 25.1. The van der Waals surface area contributed by atoms with Crippen molar-refractivity contribution in [2.45, 2.75) is 45.1 Å². The van der Waals surface area contributed by atoms with Crippen LogP contribution in [0.4, 0.5) is 4.79 Å². The van der Waals surface area contributed by atoms with Crippen LogP contribution in [0, 0.1) is 5.92 Å². The number of carboxylic acids is 1. The van der Waals surface area contributed by atoms with Gasteiger partial charge in [-0.25, -0.2) is 9.59 Å². The highest BCUT2D eigenvalue weighted by atomic mass is 16.4. The molecule has 1 aliphatic rings. The molecule has 0 saturated heterocycles. The Kier molecular flexibility index (Phi) is 4.97. The Labute approximate surface area is 114 Å². The van der Waals surface area contributed by atoms with E-state index < -0.39 is 11.5 Å². The second kappa shape index (κ2) is 6.08. The third kappa shape index (κ3) is 3.98. The zero-order valence-corrected chi connectivity index (χ0v) is 12.0. The number of nitrogens with zero attached hydrogens (tertiary/aromatic N) is 1. The monoisotopic (exact) mass is 268 g/mol. The van der Waals surface area contributed by atoms with E-state index in [-0.39, 0.29) is 6.03 Å². The van der Waals surface area contributed by atoms with Crippen molar-refractivity contribution in [3.63, 3.8) is 0 Å². The van der Waals surface area contributed by atoms with Gasteiger partial charge in [-0.2, -0.15) is 0 Å². The number of rotatable bonds is 4. The summed E-state index contributed by atoms with van der Waals surface area (Å²) in [5.41, 5.74) is -0.253. The van der Waals surface area contributed by atoms with Crippen LogP contribution in [-0.4, -0.2) is 41.1 Å². The predicted octanol–water partition coefficient (Wildman–Crippen LogP) is 2.24. The third-order valence-electron chi connectivity index (χ3n) is 3.61. The maximum Gasteiger partial charge on any atom is 0.329 e. The number of hydrogen-bond donors (Lipinski definition) is 2. The lowest BCUT2D eigenvalue weighted by molar-refractivity contribution is -0.146. The molecule has 2 atom stereocenters. The van der Waals surface area contributed by atoms with E-state index in [2.05, 4.69) is 11.9 Å². The smallest absolute Gasteiger partial charge is 0.329 e. The number of carbonyl (C=O) groups is 2. The fraction of sp³-hybridized carbons (Fsp3) is 0.714. The number of nitrogens with one attached hydrogen (secondary N) is 1. The summed E-state index contributed by atoms with van der Waals surface area (Å²) < 4.78 is 0. The van der Waals surface area contributed by atoms with Gasteiger partial charge in [0.15, 0.2) is 0 Å². The SMILES string of the molecule is C=C(C)CN(C)C(=O)NC1(C(=O)O)CCCC(C)C1. The molecule has 0 aliphatic heterocycles. The Morgan fingerprint density at radius 1 is 1.53 bits per heavy atom. The number of urea groups is 1. The first-order valence-corrected chi connectivity index (χ1v) is 6.68. The lowest BCUT2D eigenvalue weighted by Gasteiger charge is -2.38. The van der Waals surface area contributed by atoms with E-state index in [9.17, 15) is 14.7 Å². The van der Waals surface area contributed by atoms with E-state index in [0.717, 1.165) is 18.4 Å². The van der Waals surface area contributed by atoms with Crippen molar-refractivity contribution >= 4 is 12.0 Å². The molecule has 0 aromatic heterocycles. The summed E-state index contributed by atoms with van der Waals surface area (Å²) in [5.74, 6) is -0.618. The highest BCUT2D eigenvalue weighted by molar-refractivity contribution is 5.86. The van der Waals surface area contributed by atoms with Gasteiger partial charge in [-0.3, -0.25) is 0 Å². The normalized spacial score (nSPS) is 26.6. The first-order valence-electron chi connectivity index (χ1n) is 6.68. The van der Waals surface area contributed by atoms with Crippen molar-refractivity contribution in [3.05, 3.63) is 12.2 Å². The van der Waals surface area contributed by atoms with Crippen LogP contribution in [-0.2, 0) is 4.79 Å². The molecule has 1 rings (SSSR count). The topological polar surface area (TPSA) is 69.6 Å². The van der Waals surface area contributed by atoms with Crippen molar-refractivity contribution in [3.8, 4) is 0 Å². The molecule has 2 N–H and O–H groups in total. The maximum atomic E-state index is 12.1. The molecule has 5 heteroatoms. The minimum Gasteiger partial charge on any atom is -0.480 e. The van der Waals surface area contributed by atoms with E-state index in [1.54, 1.807) is 7.05 Å². The van der Waals surface area contributed by atoms with Crippen molar-refractivity contribution in [2.75, 3.05) is 13.6 Å². The number of aliphatic carboxylic acids is 1. The van der Waals surface area contributed by atoms with E-state index in [0.29, 0.717) is 25.3 Å². The van der Waals surface area contributed by atoms with Gasteiger partial charge in [0.25, 0.3) is 0 Å². The van der Waals surface area contributed by atoms with Gasteiger partial charge in [-0.1, -0.05) is 31.9 Å².